The molecule has 0 atom stereocenters. The standard InChI is InChI=1S/C42H27NO/c1-2-10-28(11-3-1)35-14-6-8-16-40(35)43(32-21-25-42-39(27-32)38-15-7-9-17-41(38)44-42)31-20-24-34-30(26-31)19-23-36-33-13-5-4-12-29(33)18-22-37(34)36/h1-27H. The summed E-state index contributed by atoms with van der Waals surface area (Å²) in [5.74, 6) is 0. The van der Waals surface area contributed by atoms with Gasteiger partial charge in [-0.25, -0.2) is 0 Å². The summed E-state index contributed by atoms with van der Waals surface area (Å²) in [6, 6.07) is 58.6. The van der Waals surface area contributed by atoms with E-state index in [9.17, 15) is 0 Å². The SMILES string of the molecule is c1ccc(-c2ccccc2N(c2ccc3c(ccc4c5ccccc5ccc34)c2)c2ccc3oc4ccccc4c3c2)cc1. The molecular weight excluding hydrogens is 534 g/mol. The minimum Gasteiger partial charge on any atom is -0.456 e. The number of para-hydroxylation sites is 2. The fourth-order valence-corrected chi connectivity index (χ4v) is 6.77. The zero-order valence-corrected chi connectivity index (χ0v) is 23.9. The first-order valence-electron chi connectivity index (χ1n) is 15.0. The number of fused-ring (bicyclic) bond motifs is 8. The number of hydrogen-bond acceptors (Lipinski definition) is 2. The predicted molar refractivity (Wildman–Crippen MR) is 186 cm³/mol. The number of anilines is 3. The van der Waals surface area contributed by atoms with Gasteiger partial charge in [-0.1, -0.05) is 121 Å². The number of nitrogens with zero attached hydrogens (tertiary/aromatic N) is 1. The molecule has 2 heteroatoms. The van der Waals surface area contributed by atoms with Gasteiger partial charge in [-0.3, -0.25) is 0 Å². The molecule has 9 aromatic rings. The highest BCUT2D eigenvalue weighted by Gasteiger charge is 2.19. The lowest BCUT2D eigenvalue weighted by Gasteiger charge is -2.28. The van der Waals surface area contributed by atoms with Crippen molar-refractivity contribution in [1.29, 1.82) is 0 Å². The monoisotopic (exact) mass is 561 g/mol. The molecule has 1 aromatic heterocycles. The van der Waals surface area contributed by atoms with Crippen LogP contribution in [0.3, 0.4) is 0 Å². The van der Waals surface area contributed by atoms with E-state index in [2.05, 4.69) is 157 Å². The van der Waals surface area contributed by atoms with Crippen LogP contribution in [-0.2, 0) is 0 Å². The molecule has 0 saturated carbocycles. The van der Waals surface area contributed by atoms with Crippen LogP contribution in [0.1, 0.15) is 0 Å². The first kappa shape index (κ1) is 24.7. The van der Waals surface area contributed by atoms with Gasteiger partial charge < -0.3 is 9.32 Å². The quantitative estimate of drug-likeness (QED) is 0.199. The Labute approximate surface area is 255 Å². The maximum Gasteiger partial charge on any atom is 0.135 e. The Hall–Kier alpha value is -5.86. The third-order valence-electron chi connectivity index (χ3n) is 8.83. The molecule has 0 N–H and O–H groups in total. The summed E-state index contributed by atoms with van der Waals surface area (Å²) >= 11 is 0. The van der Waals surface area contributed by atoms with Crippen molar-refractivity contribution in [3.05, 3.63) is 164 Å². The van der Waals surface area contributed by atoms with E-state index in [4.69, 9.17) is 4.42 Å². The summed E-state index contributed by atoms with van der Waals surface area (Å²) in [5.41, 5.74) is 7.46. The third kappa shape index (κ3) is 3.89. The van der Waals surface area contributed by atoms with E-state index in [-0.39, 0.29) is 0 Å². The Balaban J connectivity index is 1.29. The summed E-state index contributed by atoms with van der Waals surface area (Å²) in [4.78, 5) is 2.38. The van der Waals surface area contributed by atoms with Gasteiger partial charge in [-0.05, 0) is 80.3 Å². The Morgan fingerprint density at radius 3 is 1.86 bits per heavy atom. The topological polar surface area (TPSA) is 16.4 Å². The maximum atomic E-state index is 6.20. The van der Waals surface area contributed by atoms with Crippen molar-refractivity contribution >= 4 is 71.3 Å². The number of benzene rings is 8. The average molecular weight is 562 g/mol. The molecule has 0 bridgehead atoms. The molecule has 206 valence electrons. The summed E-state index contributed by atoms with van der Waals surface area (Å²) in [6.45, 7) is 0. The van der Waals surface area contributed by atoms with Crippen molar-refractivity contribution in [1.82, 2.24) is 0 Å². The molecule has 0 amide bonds. The fraction of sp³-hybridized carbons (Fsp3) is 0. The predicted octanol–water partition coefficient (Wildman–Crippen LogP) is 12.2. The van der Waals surface area contributed by atoms with Gasteiger partial charge in [0, 0.05) is 27.7 Å². The first-order chi connectivity index (χ1) is 21.8. The van der Waals surface area contributed by atoms with Crippen molar-refractivity contribution in [3.63, 3.8) is 0 Å². The van der Waals surface area contributed by atoms with Gasteiger partial charge >= 0.3 is 0 Å². The minimum absolute atomic E-state index is 0.892. The Bertz CT molecular complexity index is 2510. The molecule has 9 rings (SSSR count). The van der Waals surface area contributed by atoms with E-state index in [1.54, 1.807) is 0 Å². The third-order valence-corrected chi connectivity index (χ3v) is 8.83. The first-order valence-corrected chi connectivity index (χ1v) is 15.0. The van der Waals surface area contributed by atoms with Crippen molar-refractivity contribution in [3.8, 4) is 11.1 Å². The second-order valence-corrected chi connectivity index (χ2v) is 11.4. The van der Waals surface area contributed by atoms with Crippen LogP contribution in [-0.4, -0.2) is 0 Å². The van der Waals surface area contributed by atoms with Crippen LogP contribution in [0.15, 0.2) is 168 Å². The molecular formula is C42H27NO. The van der Waals surface area contributed by atoms with E-state index in [0.29, 0.717) is 0 Å². The lowest BCUT2D eigenvalue weighted by Crippen LogP contribution is -2.11. The molecule has 0 radical (unpaired) electrons. The van der Waals surface area contributed by atoms with Gasteiger partial charge in [0.15, 0.2) is 0 Å². The van der Waals surface area contributed by atoms with E-state index in [1.165, 1.54) is 43.4 Å². The van der Waals surface area contributed by atoms with Gasteiger partial charge in [-0.2, -0.15) is 0 Å². The van der Waals surface area contributed by atoms with Crippen molar-refractivity contribution < 1.29 is 4.42 Å². The normalized spacial score (nSPS) is 11.6. The van der Waals surface area contributed by atoms with Gasteiger partial charge in [0.05, 0.1) is 5.69 Å². The van der Waals surface area contributed by atoms with Gasteiger partial charge in [-0.15, -0.1) is 0 Å². The second kappa shape index (κ2) is 9.86. The largest absolute Gasteiger partial charge is 0.456 e. The molecule has 8 aromatic carbocycles. The molecule has 0 saturated heterocycles. The summed E-state index contributed by atoms with van der Waals surface area (Å²) in [5, 5.41) is 9.81. The van der Waals surface area contributed by atoms with Crippen LogP contribution in [0.4, 0.5) is 17.1 Å². The zero-order chi connectivity index (χ0) is 29.0. The van der Waals surface area contributed by atoms with Crippen LogP contribution < -0.4 is 4.90 Å². The Morgan fingerprint density at radius 1 is 0.364 bits per heavy atom. The second-order valence-electron chi connectivity index (χ2n) is 11.4. The van der Waals surface area contributed by atoms with E-state index in [0.717, 1.165) is 39.0 Å². The Kier molecular flexibility index (Phi) is 5.54. The number of furan rings is 1. The molecule has 0 fully saturated rings. The molecule has 44 heavy (non-hydrogen) atoms. The van der Waals surface area contributed by atoms with Crippen LogP contribution in [0, 0.1) is 0 Å². The Morgan fingerprint density at radius 2 is 0.977 bits per heavy atom. The number of rotatable bonds is 4. The van der Waals surface area contributed by atoms with Gasteiger partial charge in [0.2, 0.25) is 0 Å². The molecule has 1 heterocycles. The van der Waals surface area contributed by atoms with Gasteiger partial charge in [0.25, 0.3) is 0 Å². The lowest BCUT2D eigenvalue weighted by atomic mass is 9.96. The molecule has 0 aliphatic heterocycles. The van der Waals surface area contributed by atoms with Crippen molar-refractivity contribution in [2.75, 3.05) is 4.90 Å². The minimum atomic E-state index is 0.892. The molecule has 2 nitrogen and oxygen atoms in total. The number of hydrogen-bond donors (Lipinski definition) is 0. The molecule has 0 spiro atoms. The van der Waals surface area contributed by atoms with Crippen LogP contribution in [0.5, 0.6) is 0 Å². The van der Waals surface area contributed by atoms with E-state index >= 15 is 0 Å². The van der Waals surface area contributed by atoms with E-state index in [1.807, 2.05) is 12.1 Å². The smallest absolute Gasteiger partial charge is 0.135 e. The molecule has 0 aliphatic rings. The fourth-order valence-electron chi connectivity index (χ4n) is 6.77. The van der Waals surface area contributed by atoms with Crippen molar-refractivity contribution in [2.45, 2.75) is 0 Å². The van der Waals surface area contributed by atoms with Crippen LogP contribution >= 0.6 is 0 Å². The summed E-state index contributed by atoms with van der Waals surface area (Å²) in [6.07, 6.45) is 0. The highest BCUT2D eigenvalue weighted by Crippen LogP contribution is 2.44. The maximum absolute atomic E-state index is 6.20. The highest BCUT2D eigenvalue weighted by molar-refractivity contribution is 6.17. The van der Waals surface area contributed by atoms with Crippen LogP contribution in [0.2, 0.25) is 0 Å². The zero-order valence-electron chi connectivity index (χ0n) is 23.9. The summed E-state index contributed by atoms with van der Waals surface area (Å²) < 4.78 is 6.20. The summed E-state index contributed by atoms with van der Waals surface area (Å²) in [7, 11) is 0. The lowest BCUT2D eigenvalue weighted by molar-refractivity contribution is 0.669. The highest BCUT2D eigenvalue weighted by atomic mass is 16.3. The van der Waals surface area contributed by atoms with E-state index < -0.39 is 0 Å². The van der Waals surface area contributed by atoms with Crippen molar-refractivity contribution in [2.24, 2.45) is 0 Å². The molecule has 0 unspecified atom stereocenters. The average Bonchev–Trinajstić information content (AvgIpc) is 3.47. The van der Waals surface area contributed by atoms with Gasteiger partial charge in [0.1, 0.15) is 11.2 Å². The molecule has 0 aliphatic carbocycles. The van der Waals surface area contributed by atoms with Crippen LogP contribution in [0.25, 0.3) is 65.4 Å².